The maximum Gasteiger partial charge on any atom is 0.326 e. The highest BCUT2D eigenvalue weighted by Gasteiger charge is 2.33. The lowest BCUT2D eigenvalue weighted by molar-refractivity contribution is -0.141. The summed E-state index contributed by atoms with van der Waals surface area (Å²) in [5.41, 5.74) is 0. The van der Waals surface area contributed by atoms with Crippen molar-refractivity contribution in [1.29, 1.82) is 0 Å². The Kier molecular flexibility index (Phi) is 5.01. The Morgan fingerprint density at radius 2 is 2.11 bits per heavy atom. The lowest BCUT2D eigenvalue weighted by Crippen LogP contribution is -2.46. The van der Waals surface area contributed by atoms with Crippen LogP contribution in [0.1, 0.15) is 38.5 Å². The molecule has 2 unspecified atom stereocenters. The zero-order chi connectivity index (χ0) is 13.7. The van der Waals surface area contributed by atoms with E-state index in [9.17, 15) is 9.59 Å². The van der Waals surface area contributed by atoms with Gasteiger partial charge in [0.15, 0.2) is 0 Å². The third kappa shape index (κ3) is 3.83. The second-order valence-electron chi connectivity index (χ2n) is 5.20. The van der Waals surface area contributed by atoms with Gasteiger partial charge in [-0.3, -0.25) is 0 Å². The van der Waals surface area contributed by atoms with E-state index in [1.807, 2.05) is 0 Å². The van der Waals surface area contributed by atoms with Crippen LogP contribution in [0.2, 0.25) is 0 Å². The van der Waals surface area contributed by atoms with E-state index in [0.717, 1.165) is 32.3 Å². The van der Waals surface area contributed by atoms with Gasteiger partial charge in [0.05, 0.1) is 6.10 Å². The van der Waals surface area contributed by atoms with Crippen molar-refractivity contribution in [3.05, 3.63) is 0 Å². The number of ether oxygens (including phenoxy) is 1. The molecule has 2 heterocycles. The molecule has 2 rings (SSSR count). The van der Waals surface area contributed by atoms with Crippen molar-refractivity contribution >= 4 is 12.0 Å². The van der Waals surface area contributed by atoms with E-state index in [1.165, 1.54) is 11.3 Å². The Morgan fingerprint density at radius 1 is 1.26 bits per heavy atom. The van der Waals surface area contributed by atoms with Gasteiger partial charge in [0.25, 0.3) is 0 Å². The second kappa shape index (κ2) is 6.75. The van der Waals surface area contributed by atoms with Crippen LogP contribution in [0.4, 0.5) is 4.79 Å². The third-order valence-corrected chi connectivity index (χ3v) is 3.82. The van der Waals surface area contributed by atoms with Crippen molar-refractivity contribution in [2.45, 2.75) is 50.7 Å². The molecule has 0 bridgehead atoms. The number of nitrogens with zero attached hydrogens (tertiary/aromatic N) is 1. The zero-order valence-corrected chi connectivity index (χ0v) is 11.1. The molecule has 2 amide bonds. The molecule has 6 nitrogen and oxygen atoms in total. The van der Waals surface area contributed by atoms with E-state index in [0.29, 0.717) is 19.5 Å². The number of urea groups is 1. The van der Waals surface area contributed by atoms with Gasteiger partial charge >= 0.3 is 12.0 Å². The number of carbonyl (C=O) groups excluding carboxylic acids is 1. The Hall–Kier alpha value is -1.30. The molecule has 2 atom stereocenters. The quantitative estimate of drug-likeness (QED) is 0.804. The van der Waals surface area contributed by atoms with Crippen LogP contribution >= 0.6 is 0 Å². The molecule has 0 aliphatic carbocycles. The number of carboxylic acids is 1. The minimum atomic E-state index is -0.914. The molecule has 2 saturated heterocycles. The molecule has 0 aromatic heterocycles. The fourth-order valence-electron chi connectivity index (χ4n) is 2.74. The van der Waals surface area contributed by atoms with E-state index in [1.54, 1.807) is 0 Å². The topological polar surface area (TPSA) is 78.9 Å². The summed E-state index contributed by atoms with van der Waals surface area (Å²) in [4.78, 5) is 24.3. The summed E-state index contributed by atoms with van der Waals surface area (Å²) in [7, 11) is 0. The van der Waals surface area contributed by atoms with Crippen molar-refractivity contribution in [2.24, 2.45) is 0 Å². The summed E-state index contributed by atoms with van der Waals surface area (Å²) < 4.78 is 5.59. The van der Waals surface area contributed by atoms with Gasteiger partial charge in [-0.05, 0) is 38.5 Å². The van der Waals surface area contributed by atoms with E-state index in [4.69, 9.17) is 9.84 Å². The SMILES string of the molecule is O=C(O)C1CCCN1C(=O)NCCC1CCCCO1. The molecule has 0 spiro atoms. The maximum absolute atomic E-state index is 11.9. The summed E-state index contributed by atoms with van der Waals surface area (Å²) >= 11 is 0. The van der Waals surface area contributed by atoms with Gasteiger partial charge in [-0.25, -0.2) is 9.59 Å². The van der Waals surface area contributed by atoms with Crippen LogP contribution in [-0.2, 0) is 9.53 Å². The van der Waals surface area contributed by atoms with Crippen molar-refractivity contribution in [1.82, 2.24) is 10.2 Å². The standard InChI is InChI=1S/C13H22N2O4/c16-12(17)11-5-3-8-15(11)13(18)14-7-6-10-4-1-2-9-19-10/h10-11H,1-9H2,(H,14,18)(H,16,17). The molecule has 2 aliphatic rings. The second-order valence-corrected chi connectivity index (χ2v) is 5.20. The number of nitrogens with one attached hydrogen (secondary N) is 1. The number of amides is 2. The highest BCUT2D eigenvalue weighted by molar-refractivity contribution is 5.83. The first-order chi connectivity index (χ1) is 9.18. The molecule has 108 valence electrons. The predicted molar refractivity (Wildman–Crippen MR) is 69.0 cm³/mol. The smallest absolute Gasteiger partial charge is 0.326 e. The summed E-state index contributed by atoms with van der Waals surface area (Å²) in [5.74, 6) is -0.914. The van der Waals surface area contributed by atoms with Crippen LogP contribution in [0, 0.1) is 0 Å². The molecule has 0 radical (unpaired) electrons. The molecule has 0 aromatic rings. The van der Waals surface area contributed by atoms with Crippen molar-refractivity contribution in [2.75, 3.05) is 19.7 Å². The minimum absolute atomic E-state index is 0.239. The van der Waals surface area contributed by atoms with Gasteiger partial charge in [-0.15, -0.1) is 0 Å². The number of likely N-dealkylation sites (tertiary alicyclic amines) is 1. The highest BCUT2D eigenvalue weighted by Crippen LogP contribution is 2.18. The monoisotopic (exact) mass is 270 g/mol. The fourth-order valence-corrected chi connectivity index (χ4v) is 2.74. The summed E-state index contributed by atoms with van der Waals surface area (Å²) in [6.45, 7) is 1.89. The Labute approximate surface area is 113 Å². The number of aliphatic carboxylic acids is 1. The van der Waals surface area contributed by atoms with E-state index in [-0.39, 0.29) is 12.1 Å². The first kappa shape index (κ1) is 14.1. The summed E-state index contributed by atoms with van der Waals surface area (Å²) in [6.07, 6.45) is 5.71. The predicted octanol–water partition coefficient (Wildman–Crippen LogP) is 1.20. The average molecular weight is 270 g/mol. The van der Waals surface area contributed by atoms with Gasteiger partial charge in [0.1, 0.15) is 6.04 Å². The number of hydrogen-bond donors (Lipinski definition) is 2. The number of hydrogen-bond acceptors (Lipinski definition) is 3. The summed E-state index contributed by atoms with van der Waals surface area (Å²) in [5, 5.41) is 11.8. The van der Waals surface area contributed by atoms with Crippen LogP contribution < -0.4 is 5.32 Å². The number of carboxylic acid groups (broad SMARTS) is 1. The maximum atomic E-state index is 11.9. The molecular weight excluding hydrogens is 248 g/mol. The summed E-state index contributed by atoms with van der Waals surface area (Å²) in [6, 6.07) is -0.924. The van der Waals surface area contributed by atoms with Crippen LogP contribution in [0.3, 0.4) is 0 Å². The van der Waals surface area contributed by atoms with Crippen molar-refractivity contribution in [3.63, 3.8) is 0 Å². The van der Waals surface area contributed by atoms with E-state index in [2.05, 4.69) is 5.32 Å². The van der Waals surface area contributed by atoms with Crippen LogP contribution in [0.15, 0.2) is 0 Å². The van der Waals surface area contributed by atoms with Crippen molar-refractivity contribution < 1.29 is 19.4 Å². The zero-order valence-electron chi connectivity index (χ0n) is 11.1. The Morgan fingerprint density at radius 3 is 2.79 bits per heavy atom. The minimum Gasteiger partial charge on any atom is -0.480 e. The first-order valence-corrected chi connectivity index (χ1v) is 7.07. The van der Waals surface area contributed by atoms with Crippen LogP contribution in [0.5, 0.6) is 0 Å². The molecule has 2 N–H and O–H groups in total. The fraction of sp³-hybridized carbons (Fsp3) is 0.846. The largest absolute Gasteiger partial charge is 0.480 e. The number of rotatable bonds is 4. The van der Waals surface area contributed by atoms with Gasteiger partial charge in [0.2, 0.25) is 0 Å². The lowest BCUT2D eigenvalue weighted by atomic mass is 10.1. The van der Waals surface area contributed by atoms with Gasteiger partial charge in [-0.2, -0.15) is 0 Å². The molecule has 0 aromatic carbocycles. The van der Waals surface area contributed by atoms with Gasteiger partial charge in [-0.1, -0.05) is 0 Å². The molecule has 2 aliphatic heterocycles. The lowest BCUT2D eigenvalue weighted by Gasteiger charge is -2.24. The third-order valence-electron chi connectivity index (χ3n) is 3.82. The number of carbonyl (C=O) groups is 2. The van der Waals surface area contributed by atoms with Crippen molar-refractivity contribution in [3.8, 4) is 0 Å². The van der Waals surface area contributed by atoms with Crippen LogP contribution in [-0.4, -0.2) is 53.8 Å². The Bertz CT molecular complexity index is 329. The Balaban J connectivity index is 1.70. The van der Waals surface area contributed by atoms with E-state index >= 15 is 0 Å². The normalized spacial score (nSPS) is 27.3. The van der Waals surface area contributed by atoms with Crippen LogP contribution in [0.25, 0.3) is 0 Å². The molecule has 6 heteroatoms. The average Bonchev–Trinajstić information content (AvgIpc) is 2.89. The van der Waals surface area contributed by atoms with Gasteiger partial charge in [0, 0.05) is 19.7 Å². The molecule has 19 heavy (non-hydrogen) atoms. The molecule has 0 saturated carbocycles. The molecule has 2 fully saturated rings. The van der Waals surface area contributed by atoms with Gasteiger partial charge < -0.3 is 20.1 Å². The molecular formula is C13H22N2O4. The van der Waals surface area contributed by atoms with E-state index < -0.39 is 12.0 Å². The highest BCUT2D eigenvalue weighted by atomic mass is 16.5. The first-order valence-electron chi connectivity index (χ1n) is 7.07.